The molecule has 0 spiro atoms. The molecule has 0 fully saturated rings. The van der Waals surface area contributed by atoms with Crippen LogP contribution >= 0.6 is 27.5 Å². The Morgan fingerprint density at radius 3 is 2.00 bits per heavy atom. The molecular weight excluding hydrogens is 308 g/mol. The summed E-state index contributed by atoms with van der Waals surface area (Å²) in [5.74, 6) is 0. The zero-order valence-corrected chi connectivity index (χ0v) is 10.6. The second kappa shape index (κ2) is 4.20. The predicted octanol–water partition coefficient (Wildman–Crippen LogP) is 3.79. The number of halogens is 5. The summed E-state index contributed by atoms with van der Waals surface area (Å²) in [4.78, 5) is 0. The van der Waals surface area contributed by atoms with Crippen LogP contribution in [0, 0.1) is 0 Å². The lowest BCUT2D eigenvalue weighted by atomic mass is 9.92. The first kappa shape index (κ1) is 13.8. The molecule has 1 aromatic carbocycles. The highest BCUT2D eigenvalue weighted by Crippen LogP contribution is 2.52. The van der Waals surface area contributed by atoms with Crippen LogP contribution in [0.25, 0.3) is 0 Å². The average molecular weight is 318 g/mol. The molecule has 1 N–H and O–H groups in total. The minimum absolute atomic E-state index is 0.0826. The van der Waals surface area contributed by atoms with Crippen molar-refractivity contribution in [3.05, 3.63) is 35.9 Å². The van der Waals surface area contributed by atoms with Crippen molar-refractivity contribution in [1.29, 1.82) is 0 Å². The Morgan fingerprint density at radius 1 is 1.19 bits per heavy atom. The summed E-state index contributed by atoms with van der Waals surface area (Å²) in [5.41, 5.74) is -2.19. The van der Waals surface area contributed by atoms with E-state index in [9.17, 15) is 18.3 Å². The maximum Gasteiger partial charge on any atom is 0.420 e. The van der Waals surface area contributed by atoms with Gasteiger partial charge in [-0.05, 0) is 12.5 Å². The summed E-state index contributed by atoms with van der Waals surface area (Å²) < 4.78 is 35.1. The third-order valence-electron chi connectivity index (χ3n) is 2.30. The van der Waals surface area contributed by atoms with Crippen LogP contribution in [0.2, 0.25) is 0 Å². The number of hydrogen-bond donors (Lipinski definition) is 1. The molecule has 0 saturated carbocycles. The van der Waals surface area contributed by atoms with E-state index in [1.165, 1.54) is 24.3 Å². The van der Waals surface area contributed by atoms with Crippen molar-refractivity contribution in [3.8, 4) is 0 Å². The summed E-state index contributed by atoms with van der Waals surface area (Å²) >= 11 is 7.73. The molecule has 90 valence electrons. The van der Waals surface area contributed by atoms with Crippen LogP contribution in [0.1, 0.15) is 12.5 Å². The first-order valence-corrected chi connectivity index (χ1v) is 5.50. The van der Waals surface area contributed by atoms with Gasteiger partial charge in [0, 0.05) is 0 Å². The van der Waals surface area contributed by atoms with E-state index in [2.05, 4.69) is 15.9 Å². The number of alkyl halides is 5. The highest BCUT2D eigenvalue weighted by Gasteiger charge is 2.63. The lowest BCUT2D eigenvalue weighted by molar-refractivity contribution is -0.179. The van der Waals surface area contributed by atoms with Gasteiger partial charge in [-0.1, -0.05) is 57.9 Å². The summed E-state index contributed by atoms with van der Waals surface area (Å²) in [6.07, 6.45) is -4.78. The SMILES string of the molecule is C[C@@](O)(c1ccccc1)[C@@](Cl)(Br)C(F)(F)F. The Kier molecular flexibility index (Phi) is 3.62. The van der Waals surface area contributed by atoms with Crippen LogP contribution < -0.4 is 0 Å². The van der Waals surface area contributed by atoms with Crippen molar-refractivity contribution in [2.75, 3.05) is 0 Å². The largest absolute Gasteiger partial charge is 0.420 e. The minimum Gasteiger partial charge on any atom is -0.382 e. The monoisotopic (exact) mass is 316 g/mol. The molecule has 0 bridgehead atoms. The molecule has 0 aliphatic rings. The third kappa shape index (κ3) is 2.21. The molecule has 1 aromatic rings. The third-order valence-corrected chi connectivity index (χ3v) is 4.11. The summed E-state index contributed by atoms with van der Waals surface area (Å²) in [7, 11) is 0. The zero-order chi connectivity index (χ0) is 12.6. The van der Waals surface area contributed by atoms with E-state index in [1.807, 2.05) is 0 Å². The molecule has 0 amide bonds. The first-order chi connectivity index (χ1) is 7.11. The van der Waals surface area contributed by atoms with E-state index in [4.69, 9.17) is 11.6 Å². The van der Waals surface area contributed by atoms with Gasteiger partial charge in [-0.15, -0.1) is 0 Å². The summed E-state index contributed by atoms with van der Waals surface area (Å²) in [6, 6.07) is 7.45. The van der Waals surface area contributed by atoms with Crippen molar-refractivity contribution in [3.63, 3.8) is 0 Å². The Balaban J connectivity index is 3.22. The Bertz CT molecular complexity index is 362. The molecule has 6 heteroatoms. The molecule has 0 aromatic heterocycles. The topological polar surface area (TPSA) is 20.2 Å². The first-order valence-electron chi connectivity index (χ1n) is 4.33. The van der Waals surface area contributed by atoms with Crippen molar-refractivity contribution in [1.82, 2.24) is 0 Å². The van der Waals surface area contributed by atoms with Crippen LogP contribution in [0.3, 0.4) is 0 Å². The van der Waals surface area contributed by atoms with E-state index in [-0.39, 0.29) is 5.56 Å². The van der Waals surface area contributed by atoms with Gasteiger partial charge in [0.2, 0.25) is 3.78 Å². The summed E-state index contributed by atoms with van der Waals surface area (Å²) in [6.45, 7) is 1.01. The normalized spacial score (nSPS) is 19.9. The van der Waals surface area contributed by atoms with Gasteiger partial charge in [0.25, 0.3) is 0 Å². The van der Waals surface area contributed by atoms with E-state index in [0.29, 0.717) is 0 Å². The van der Waals surface area contributed by atoms with Crippen molar-refractivity contribution < 1.29 is 18.3 Å². The predicted molar refractivity (Wildman–Crippen MR) is 59.6 cm³/mol. The van der Waals surface area contributed by atoms with Crippen molar-refractivity contribution in [2.45, 2.75) is 22.5 Å². The molecule has 0 aliphatic carbocycles. The van der Waals surface area contributed by atoms with Crippen LogP contribution in [-0.2, 0) is 5.60 Å². The fraction of sp³-hybridized carbons (Fsp3) is 0.400. The molecule has 2 atom stereocenters. The highest BCUT2D eigenvalue weighted by molar-refractivity contribution is 9.10. The molecule has 0 radical (unpaired) electrons. The van der Waals surface area contributed by atoms with Gasteiger partial charge >= 0.3 is 6.18 Å². The van der Waals surface area contributed by atoms with Crippen molar-refractivity contribution in [2.24, 2.45) is 0 Å². The van der Waals surface area contributed by atoms with Gasteiger partial charge in [-0.25, -0.2) is 0 Å². The Morgan fingerprint density at radius 2 is 1.62 bits per heavy atom. The van der Waals surface area contributed by atoms with Crippen molar-refractivity contribution >= 4 is 27.5 Å². The quantitative estimate of drug-likeness (QED) is 0.823. The van der Waals surface area contributed by atoms with Gasteiger partial charge < -0.3 is 5.11 Å². The molecule has 0 saturated heterocycles. The molecule has 0 aliphatic heterocycles. The standard InChI is InChI=1S/C10H9BrClF3O/c1-8(16,7-5-3-2-4-6-7)9(11,12)10(13,14)15/h2-6,16H,1H3/t8-,9+/m1/s1. The maximum absolute atomic E-state index is 12.7. The molecular formula is C10H9BrClF3O. The number of hydrogen-bond acceptors (Lipinski definition) is 1. The van der Waals surface area contributed by atoms with Gasteiger partial charge in [-0.2, -0.15) is 13.2 Å². The highest BCUT2D eigenvalue weighted by atomic mass is 79.9. The molecule has 1 rings (SSSR count). The Labute approximate surface area is 104 Å². The van der Waals surface area contributed by atoms with E-state index < -0.39 is 15.6 Å². The fourth-order valence-corrected chi connectivity index (χ4v) is 1.56. The molecule has 0 heterocycles. The average Bonchev–Trinajstić information content (AvgIpc) is 2.17. The van der Waals surface area contributed by atoms with Crippen LogP contribution in [0.4, 0.5) is 13.2 Å². The smallest absolute Gasteiger partial charge is 0.382 e. The second-order valence-corrected chi connectivity index (χ2v) is 5.72. The lowest BCUT2D eigenvalue weighted by Crippen LogP contribution is -2.51. The van der Waals surface area contributed by atoms with Gasteiger partial charge in [0.1, 0.15) is 5.60 Å². The second-order valence-electron chi connectivity index (χ2n) is 3.51. The van der Waals surface area contributed by atoms with Crippen LogP contribution in [-0.4, -0.2) is 15.1 Å². The van der Waals surface area contributed by atoms with E-state index in [1.54, 1.807) is 6.07 Å². The van der Waals surface area contributed by atoms with E-state index in [0.717, 1.165) is 6.92 Å². The van der Waals surface area contributed by atoms with Crippen LogP contribution in [0.5, 0.6) is 0 Å². The Hall–Kier alpha value is -0.260. The van der Waals surface area contributed by atoms with Gasteiger partial charge in [0.15, 0.2) is 0 Å². The maximum atomic E-state index is 12.7. The molecule has 16 heavy (non-hydrogen) atoms. The van der Waals surface area contributed by atoms with Gasteiger partial charge in [0.05, 0.1) is 0 Å². The van der Waals surface area contributed by atoms with Crippen LogP contribution in [0.15, 0.2) is 30.3 Å². The number of rotatable bonds is 2. The fourth-order valence-electron chi connectivity index (χ4n) is 1.22. The number of benzene rings is 1. The molecule has 0 unspecified atom stereocenters. The minimum atomic E-state index is -4.78. The lowest BCUT2D eigenvalue weighted by Gasteiger charge is -2.37. The van der Waals surface area contributed by atoms with Gasteiger partial charge in [-0.3, -0.25) is 0 Å². The van der Waals surface area contributed by atoms with E-state index >= 15 is 0 Å². The summed E-state index contributed by atoms with van der Waals surface area (Å²) in [5, 5.41) is 9.95. The molecule has 1 nitrogen and oxygen atoms in total. The number of aliphatic hydroxyl groups is 1. The zero-order valence-electron chi connectivity index (χ0n) is 8.22.